The molecular formula is C28H37N3O4. The standard InChI is InChI=1S/C28H37N3O4/c1-19(2)27(32)31-17-23(22-16-21(34-4)10-11-26(22)35-5)24(18-31)28(33)30-14-12-29(13-15-30)25-9-7-6-8-20(25)3/h6-11,16,19,23-24H,12-15,17-18H2,1-5H3/t23-,24-/m1/s1. The van der Waals surface area contributed by atoms with Gasteiger partial charge in [0.1, 0.15) is 11.5 Å². The molecule has 7 nitrogen and oxygen atoms in total. The normalized spacial score (nSPS) is 20.3. The van der Waals surface area contributed by atoms with Gasteiger partial charge in [0, 0.05) is 62.4 Å². The number of piperazine rings is 1. The first kappa shape index (κ1) is 24.9. The molecule has 0 N–H and O–H groups in total. The van der Waals surface area contributed by atoms with Gasteiger partial charge in [-0.25, -0.2) is 0 Å². The zero-order chi connectivity index (χ0) is 25.1. The van der Waals surface area contributed by atoms with Gasteiger partial charge in [0.15, 0.2) is 0 Å². The second-order valence-corrected chi connectivity index (χ2v) is 9.82. The molecule has 7 heteroatoms. The summed E-state index contributed by atoms with van der Waals surface area (Å²) in [5.41, 5.74) is 3.40. The molecule has 0 spiro atoms. The van der Waals surface area contributed by atoms with Crippen LogP contribution in [0.5, 0.6) is 11.5 Å². The van der Waals surface area contributed by atoms with Crippen LogP contribution in [0.4, 0.5) is 5.69 Å². The monoisotopic (exact) mass is 479 g/mol. The van der Waals surface area contributed by atoms with E-state index in [0.29, 0.717) is 31.9 Å². The number of aryl methyl sites for hydroxylation is 1. The van der Waals surface area contributed by atoms with E-state index in [0.717, 1.165) is 24.4 Å². The third kappa shape index (κ3) is 5.09. The van der Waals surface area contributed by atoms with E-state index in [1.807, 2.05) is 41.8 Å². The zero-order valence-electron chi connectivity index (χ0n) is 21.5. The molecule has 0 aliphatic carbocycles. The molecule has 4 rings (SSSR count). The molecule has 0 unspecified atom stereocenters. The van der Waals surface area contributed by atoms with Crippen molar-refractivity contribution in [1.82, 2.24) is 9.80 Å². The highest BCUT2D eigenvalue weighted by Crippen LogP contribution is 2.40. The van der Waals surface area contributed by atoms with Crippen LogP contribution in [-0.2, 0) is 9.59 Å². The largest absolute Gasteiger partial charge is 0.497 e. The molecule has 2 atom stereocenters. The highest BCUT2D eigenvalue weighted by Gasteiger charge is 2.44. The smallest absolute Gasteiger partial charge is 0.228 e. The third-order valence-electron chi connectivity index (χ3n) is 7.33. The molecular weight excluding hydrogens is 442 g/mol. The number of rotatable bonds is 6. The van der Waals surface area contributed by atoms with Crippen LogP contribution >= 0.6 is 0 Å². The number of anilines is 1. The lowest BCUT2D eigenvalue weighted by atomic mass is 9.87. The van der Waals surface area contributed by atoms with E-state index in [4.69, 9.17) is 9.47 Å². The van der Waals surface area contributed by atoms with Crippen molar-refractivity contribution in [3.8, 4) is 11.5 Å². The molecule has 2 aromatic rings. The van der Waals surface area contributed by atoms with Crippen LogP contribution in [-0.4, -0.2) is 75.1 Å². The molecule has 0 radical (unpaired) electrons. The fraction of sp³-hybridized carbons (Fsp3) is 0.500. The third-order valence-corrected chi connectivity index (χ3v) is 7.33. The number of methoxy groups -OCH3 is 2. The minimum Gasteiger partial charge on any atom is -0.497 e. The van der Waals surface area contributed by atoms with Crippen LogP contribution in [0, 0.1) is 18.8 Å². The number of para-hydroxylation sites is 1. The summed E-state index contributed by atoms with van der Waals surface area (Å²) in [6.07, 6.45) is 0. The van der Waals surface area contributed by atoms with Gasteiger partial charge in [-0.15, -0.1) is 0 Å². The minimum atomic E-state index is -0.316. The number of likely N-dealkylation sites (tertiary alicyclic amines) is 1. The number of carbonyl (C=O) groups is 2. The molecule has 2 aliphatic heterocycles. The summed E-state index contributed by atoms with van der Waals surface area (Å²) in [6.45, 7) is 9.80. The summed E-state index contributed by atoms with van der Waals surface area (Å²) >= 11 is 0. The Balaban J connectivity index is 1.56. The Hall–Kier alpha value is -3.22. The number of hydrogen-bond donors (Lipinski definition) is 0. The molecule has 2 heterocycles. The van der Waals surface area contributed by atoms with Crippen molar-refractivity contribution in [2.24, 2.45) is 11.8 Å². The van der Waals surface area contributed by atoms with Crippen LogP contribution in [0.25, 0.3) is 0 Å². The predicted molar refractivity (Wildman–Crippen MR) is 137 cm³/mol. The van der Waals surface area contributed by atoms with Crippen LogP contribution in [0.2, 0.25) is 0 Å². The lowest BCUT2D eigenvalue weighted by Crippen LogP contribution is -2.51. The molecule has 2 aromatic carbocycles. The Kier molecular flexibility index (Phi) is 7.53. The number of carbonyl (C=O) groups excluding carboxylic acids is 2. The molecule has 2 amide bonds. The Morgan fingerprint density at radius 2 is 1.63 bits per heavy atom. The average Bonchev–Trinajstić information content (AvgIpc) is 3.33. The zero-order valence-corrected chi connectivity index (χ0v) is 21.5. The van der Waals surface area contributed by atoms with E-state index < -0.39 is 0 Å². The van der Waals surface area contributed by atoms with Crippen LogP contribution in [0.3, 0.4) is 0 Å². The summed E-state index contributed by atoms with van der Waals surface area (Å²) in [6, 6.07) is 14.1. The van der Waals surface area contributed by atoms with E-state index >= 15 is 0 Å². The van der Waals surface area contributed by atoms with Crippen LogP contribution < -0.4 is 14.4 Å². The predicted octanol–water partition coefficient (Wildman–Crippen LogP) is 3.56. The van der Waals surface area contributed by atoms with Gasteiger partial charge in [0.05, 0.1) is 20.1 Å². The summed E-state index contributed by atoms with van der Waals surface area (Å²) in [7, 11) is 3.27. The summed E-state index contributed by atoms with van der Waals surface area (Å²) in [5, 5.41) is 0. The Morgan fingerprint density at radius 1 is 0.914 bits per heavy atom. The van der Waals surface area contributed by atoms with Gasteiger partial charge in [0.2, 0.25) is 11.8 Å². The SMILES string of the molecule is COc1ccc(OC)c([C@H]2CN(C(=O)C(C)C)C[C@H]2C(=O)N2CCN(c3ccccc3C)CC2)c1. The van der Waals surface area contributed by atoms with Crippen LogP contribution in [0.1, 0.15) is 30.9 Å². The molecule has 0 bridgehead atoms. The number of benzene rings is 2. The molecule has 0 saturated carbocycles. The minimum absolute atomic E-state index is 0.0801. The van der Waals surface area contributed by atoms with E-state index in [1.165, 1.54) is 11.3 Å². The fourth-order valence-electron chi connectivity index (χ4n) is 5.36. The molecule has 188 valence electrons. The van der Waals surface area contributed by atoms with E-state index in [2.05, 4.69) is 36.1 Å². The van der Waals surface area contributed by atoms with Gasteiger partial charge in [-0.1, -0.05) is 32.0 Å². The summed E-state index contributed by atoms with van der Waals surface area (Å²) in [4.78, 5) is 33.0. The van der Waals surface area contributed by atoms with E-state index in [1.54, 1.807) is 14.2 Å². The van der Waals surface area contributed by atoms with Gasteiger partial charge in [0.25, 0.3) is 0 Å². The number of hydrogen-bond acceptors (Lipinski definition) is 5. The van der Waals surface area contributed by atoms with Gasteiger partial charge in [-0.2, -0.15) is 0 Å². The molecule has 2 saturated heterocycles. The fourth-order valence-corrected chi connectivity index (χ4v) is 5.36. The van der Waals surface area contributed by atoms with Crippen molar-refractivity contribution < 1.29 is 19.1 Å². The highest BCUT2D eigenvalue weighted by molar-refractivity contribution is 5.84. The number of amides is 2. The molecule has 2 aliphatic rings. The van der Waals surface area contributed by atoms with Crippen molar-refractivity contribution in [2.45, 2.75) is 26.7 Å². The summed E-state index contributed by atoms with van der Waals surface area (Å²) < 4.78 is 11.1. The number of nitrogens with zero attached hydrogens (tertiary/aromatic N) is 3. The lowest BCUT2D eigenvalue weighted by Gasteiger charge is -2.38. The molecule has 2 fully saturated rings. The van der Waals surface area contributed by atoms with Gasteiger partial charge >= 0.3 is 0 Å². The van der Waals surface area contributed by atoms with Gasteiger partial charge in [-0.3, -0.25) is 9.59 Å². The summed E-state index contributed by atoms with van der Waals surface area (Å²) in [5.74, 6) is 1.05. The first-order chi connectivity index (χ1) is 16.8. The second-order valence-electron chi connectivity index (χ2n) is 9.82. The Bertz CT molecular complexity index is 1060. The van der Waals surface area contributed by atoms with Crippen molar-refractivity contribution in [2.75, 3.05) is 58.4 Å². The average molecular weight is 480 g/mol. The van der Waals surface area contributed by atoms with Crippen LogP contribution in [0.15, 0.2) is 42.5 Å². The number of ether oxygens (including phenoxy) is 2. The first-order valence-electron chi connectivity index (χ1n) is 12.4. The quantitative estimate of drug-likeness (QED) is 0.634. The topological polar surface area (TPSA) is 62.3 Å². The molecule has 35 heavy (non-hydrogen) atoms. The van der Waals surface area contributed by atoms with Crippen molar-refractivity contribution in [1.29, 1.82) is 0 Å². The molecule has 0 aromatic heterocycles. The maximum Gasteiger partial charge on any atom is 0.228 e. The van der Waals surface area contributed by atoms with Gasteiger partial charge in [-0.05, 0) is 36.8 Å². The van der Waals surface area contributed by atoms with Crippen molar-refractivity contribution in [3.05, 3.63) is 53.6 Å². The first-order valence-corrected chi connectivity index (χ1v) is 12.4. The maximum atomic E-state index is 13.9. The highest BCUT2D eigenvalue weighted by atomic mass is 16.5. The Labute approximate surface area is 208 Å². The van der Waals surface area contributed by atoms with Gasteiger partial charge < -0.3 is 24.2 Å². The maximum absolute atomic E-state index is 13.9. The van der Waals surface area contributed by atoms with Crippen molar-refractivity contribution in [3.63, 3.8) is 0 Å². The van der Waals surface area contributed by atoms with Crippen molar-refractivity contribution >= 4 is 17.5 Å². The lowest BCUT2D eigenvalue weighted by molar-refractivity contribution is -0.136. The Morgan fingerprint density at radius 3 is 2.26 bits per heavy atom. The second kappa shape index (κ2) is 10.6. The van der Waals surface area contributed by atoms with E-state index in [-0.39, 0.29) is 29.6 Å². The van der Waals surface area contributed by atoms with E-state index in [9.17, 15) is 9.59 Å².